The van der Waals surface area contributed by atoms with Gasteiger partial charge in [0.2, 0.25) is 5.91 Å². The van der Waals surface area contributed by atoms with Crippen LogP contribution < -0.4 is 5.32 Å². The van der Waals surface area contributed by atoms with Crippen LogP contribution in [0.15, 0.2) is 53.4 Å². The molecule has 0 bridgehead atoms. The molecular formula is C15H12INO3S. The van der Waals surface area contributed by atoms with Crippen LogP contribution in [0, 0.1) is 3.57 Å². The summed E-state index contributed by atoms with van der Waals surface area (Å²) in [6.07, 6.45) is 0. The molecule has 108 valence electrons. The van der Waals surface area contributed by atoms with Crippen molar-refractivity contribution in [3.05, 3.63) is 57.7 Å². The van der Waals surface area contributed by atoms with E-state index >= 15 is 0 Å². The van der Waals surface area contributed by atoms with Gasteiger partial charge in [-0.2, -0.15) is 0 Å². The Kier molecular flexibility index (Phi) is 5.63. The molecule has 2 aromatic rings. The highest BCUT2D eigenvalue weighted by Gasteiger charge is 2.07. The van der Waals surface area contributed by atoms with E-state index in [4.69, 9.17) is 5.11 Å². The normalized spacial score (nSPS) is 10.1. The highest BCUT2D eigenvalue weighted by molar-refractivity contribution is 14.1. The summed E-state index contributed by atoms with van der Waals surface area (Å²) in [7, 11) is 0. The van der Waals surface area contributed by atoms with Crippen molar-refractivity contribution in [2.45, 2.75) is 4.90 Å². The molecule has 2 N–H and O–H groups in total. The van der Waals surface area contributed by atoms with Gasteiger partial charge < -0.3 is 10.4 Å². The lowest BCUT2D eigenvalue weighted by Crippen LogP contribution is -2.14. The number of anilines is 1. The maximum atomic E-state index is 11.9. The summed E-state index contributed by atoms with van der Waals surface area (Å²) in [4.78, 5) is 23.5. The lowest BCUT2D eigenvalue weighted by atomic mass is 10.2. The Labute approximate surface area is 140 Å². The minimum atomic E-state index is -0.972. The van der Waals surface area contributed by atoms with Gasteiger partial charge >= 0.3 is 5.97 Å². The molecule has 21 heavy (non-hydrogen) atoms. The van der Waals surface area contributed by atoms with Crippen molar-refractivity contribution in [1.29, 1.82) is 0 Å². The summed E-state index contributed by atoms with van der Waals surface area (Å²) in [5.74, 6) is -0.863. The van der Waals surface area contributed by atoms with Gasteiger partial charge in [-0.05, 0) is 59.0 Å². The van der Waals surface area contributed by atoms with E-state index in [2.05, 4.69) is 27.9 Å². The van der Waals surface area contributed by atoms with Crippen LogP contribution in [0.4, 0.5) is 5.69 Å². The fourth-order valence-electron chi connectivity index (χ4n) is 1.63. The van der Waals surface area contributed by atoms with E-state index in [0.29, 0.717) is 0 Å². The van der Waals surface area contributed by atoms with Crippen molar-refractivity contribution >= 4 is 51.9 Å². The largest absolute Gasteiger partial charge is 0.478 e. The van der Waals surface area contributed by atoms with Gasteiger partial charge in [0.25, 0.3) is 0 Å². The van der Waals surface area contributed by atoms with E-state index in [-0.39, 0.29) is 17.2 Å². The molecule has 6 heteroatoms. The van der Waals surface area contributed by atoms with Crippen LogP contribution >= 0.6 is 34.4 Å². The zero-order chi connectivity index (χ0) is 15.2. The molecule has 1 amide bonds. The first kappa shape index (κ1) is 15.8. The van der Waals surface area contributed by atoms with Crippen LogP contribution in [0.1, 0.15) is 10.4 Å². The Hall–Kier alpha value is -1.54. The van der Waals surface area contributed by atoms with E-state index in [9.17, 15) is 9.59 Å². The summed E-state index contributed by atoms with van der Waals surface area (Å²) in [5.41, 5.74) is 0.977. The Morgan fingerprint density at radius 1 is 1.14 bits per heavy atom. The summed E-state index contributed by atoms with van der Waals surface area (Å²) < 4.78 is 1.05. The van der Waals surface area contributed by atoms with E-state index in [1.165, 1.54) is 17.8 Å². The molecule has 2 aromatic carbocycles. The SMILES string of the molecule is O=C(CSc1cccc(C(=O)O)c1)Nc1cccc(I)c1. The molecule has 4 nitrogen and oxygen atoms in total. The van der Waals surface area contributed by atoms with Gasteiger partial charge in [-0.25, -0.2) is 4.79 Å². The fourth-order valence-corrected chi connectivity index (χ4v) is 2.93. The standard InChI is InChI=1S/C15H12INO3S/c16-11-4-2-5-12(8-11)17-14(18)9-21-13-6-1-3-10(7-13)15(19)20/h1-8H,9H2,(H,17,18)(H,19,20). The van der Waals surface area contributed by atoms with Crippen molar-refractivity contribution < 1.29 is 14.7 Å². The first-order valence-electron chi connectivity index (χ1n) is 6.06. The van der Waals surface area contributed by atoms with Crippen LogP contribution in [0.2, 0.25) is 0 Å². The number of halogens is 1. The molecule has 0 aliphatic rings. The predicted molar refractivity (Wildman–Crippen MR) is 91.9 cm³/mol. The Balaban J connectivity index is 1.92. The summed E-state index contributed by atoms with van der Waals surface area (Å²) in [6.45, 7) is 0. The van der Waals surface area contributed by atoms with E-state index < -0.39 is 5.97 Å². The van der Waals surface area contributed by atoms with Crippen molar-refractivity contribution in [2.75, 3.05) is 11.1 Å². The average Bonchev–Trinajstić information content (AvgIpc) is 2.45. The maximum absolute atomic E-state index is 11.9. The molecule has 0 saturated carbocycles. The number of carboxylic acids is 1. The summed E-state index contributed by atoms with van der Waals surface area (Å²) in [6, 6.07) is 14.1. The minimum Gasteiger partial charge on any atom is -0.478 e. The van der Waals surface area contributed by atoms with Gasteiger partial charge in [0, 0.05) is 14.2 Å². The molecule has 0 aromatic heterocycles. The fraction of sp³-hybridized carbons (Fsp3) is 0.0667. The van der Waals surface area contributed by atoms with Gasteiger partial charge in [0.15, 0.2) is 0 Å². The molecule has 0 fully saturated rings. The number of amides is 1. The maximum Gasteiger partial charge on any atom is 0.335 e. The lowest BCUT2D eigenvalue weighted by Gasteiger charge is -2.06. The molecule has 2 rings (SSSR count). The number of thioether (sulfide) groups is 1. The van der Waals surface area contributed by atoms with Crippen LogP contribution in [0.3, 0.4) is 0 Å². The Bertz CT molecular complexity index is 675. The zero-order valence-corrected chi connectivity index (χ0v) is 13.8. The minimum absolute atomic E-state index is 0.122. The first-order chi connectivity index (χ1) is 10.0. The molecule has 0 spiro atoms. The second-order valence-corrected chi connectivity index (χ2v) is 6.47. The van der Waals surface area contributed by atoms with E-state index in [1.54, 1.807) is 18.2 Å². The third-order valence-corrected chi connectivity index (χ3v) is 4.22. The number of aromatic carboxylic acids is 1. The smallest absolute Gasteiger partial charge is 0.335 e. The second kappa shape index (κ2) is 7.46. The van der Waals surface area contributed by atoms with Gasteiger partial charge in [-0.1, -0.05) is 12.1 Å². The predicted octanol–water partition coefficient (Wildman–Crippen LogP) is 3.72. The molecule has 0 unspecified atom stereocenters. The van der Waals surface area contributed by atoms with E-state index in [1.807, 2.05) is 24.3 Å². The monoisotopic (exact) mass is 413 g/mol. The lowest BCUT2D eigenvalue weighted by molar-refractivity contribution is -0.113. The average molecular weight is 413 g/mol. The molecule has 0 saturated heterocycles. The van der Waals surface area contributed by atoms with Gasteiger partial charge in [0.1, 0.15) is 0 Å². The molecule has 0 heterocycles. The second-order valence-electron chi connectivity index (χ2n) is 4.18. The van der Waals surface area contributed by atoms with E-state index in [0.717, 1.165) is 14.2 Å². The molecular weight excluding hydrogens is 401 g/mol. The van der Waals surface area contributed by atoms with Crippen molar-refractivity contribution in [1.82, 2.24) is 0 Å². The quantitative estimate of drug-likeness (QED) is 0.580. The third-order valence-electron chi connectivity index (χ3n) is 2.56. The number of carbonyl (C=O) groups excluding carboxylic acids is 1. The van der Waals surface area contributed by atoms with Crippen LogP contribution in [0.25, 0.3) is 0 Å². The van der Waals surface area contributed by atoms with Crippen LogP contribution in [-0.4, -0.2) is 22.7 Å². The number of carboxylic acid groups (broad SMARTS) is 1. The number of carbonyl (C=O) groups is 2. The van der Waals surface area contributed by atoms with Crippen LogP contribution in [0.5, 0.6) is 0 Å². The molecule has 0 aliphatic heterocycles. The Morgan fingerprint density at radius 3 is 2.62 bits per heavy atom. The van der Waals surface area contributed by atoms with Crippen molar-refractivity contribution in [2.24, 2.45) is 0 Å². The number of benzene rings is 2. The number of hydrogen-bond donors (Lipinski definition) is 2. The summed E-state index contributed by atoms with van der Waals surface area (Å²) >= 11 is 3.49. The first-order valence-corrected chi connectivity index (χ1v) is 8.12. The Morgan fingerprint density at radius 2 is 1.90 bits per heavy atom. The summed E-state index contributed by atoms with van der Waals surface area (Å²) in [5, 5.41) is 11.7. The number of hydrogen-bond acceptors (Lipinski definition) is 3. The number of rotatable bonds is 5. The molecule has 0 aliphatic carbocycles. The molecule has 0 radical (unpaired) electrons. The highest BCUT2D eigenvalue weighted by Crippen LogP contribution is 2.20. The van der Waals surface area contributed by atoms with Gasteiger partial charge in [-0.15, -0.1) is 11.8 Å². The van der Waals surface area contributed by atoms with Gasteiger partial charge in [-0.3, -0.25) is 4.79 Å². The molecule has 0 atom stereocenters. The topological polar surface area (TPSA) is 66.4 Å². The van der Waals surface area contributed by atoms with Gasteiger partial charge in [0.05, 0.1) is 11.3 Å². The van der Waals surface area contributed by atoms with Crippen molar-refractivity contribution in [3.8, 4) is 0 Å². The van der Waals surface area contributed by atoms with Crippen LogP contribution in [-0.2, 0) is 4.79 Å². The van der Waals surface area contributed by atoms with Crippen molar-refractivity contribution in [3.63, 3.8) is 0 Å². The highest BCUT2D eigenvalue weighted by atomic mass is 127. The zero-order valence-electron chi connectivity index (χ0n) is 10.9. The third kappa shape index (κ3) is 5.05. The number of nitrogens with one attached hydrogen (secondary N) is 1.